The molecule has 0 bridgehead atoms. The Morgan fingerprint density at radius 1 is 1.38 bits per heavy atom. The van der Waals surface area contributed by atoms with Crippen LogP contribution in [-0.2, 0) is 14.2 Å². The number of rotatable bonds is 4. The molecule has 0 aromatic heterocycles. The van der Waals surface area contributed by atoms with Gasteiger partial charge in [-0.2, -0.15) is 13.3 Å². The van der Waals surface area contributed by atoms with E-state index in [9.17, 15) is 0 Å². The van der Waals surface area contributed by atoms with Crippen LogP contribution in [0.25, 0.3) is 0 Å². The van der Waals surface area contributed by atoms with Gasteiger partial charge in [-0.15, -0.1) is 0 Å². The van der Waals surface area contributed by atoms with Crippen molar-refractivity contribution in [2.75, 3.05) is 0 Å². The Hall–Kier alpha value is 0.724. The quantitative estimate of drug-likeness (QED) is 0.601. The SMILES string of the molecule is C.CC/C=C(\C)B(O)O.C[CH-]CCC.[Cu+][Br]. The molecular weight excluding hydrogens is 318 g/mol. The molecule has 0 aliphatic heterocycles. The number of allylic oxidation sites excluding steroid dienone is 2. The summed E-state index contributed by atoms with van der Waals surface area (Å²) in [5.41, 5.74) is 0.618. The van der Waals surface area contributed by atoms with Crippen LogP contribution in [0.1, 0.15) is 54.4 Å². The monoisotopic (exact) mass is 343 g/mol. The van der Waals surface area contributed by atoms with E-state index in [1.807, 2.05) is 6.92 Å². The first kappa shape index (κ1) is 25.5. The third-order valence-corrected chi connectivity index (χ3v) is 1.51. The summed E-state index contributed by atoms with van der Waals surface area (Å²) in [7, 11) is -1.27. The van der Waals surface area contributed by atoms with E-state index in [1.54, 1.807) is 13.0 Å². The standard InChI is InChI=1S/C5H11BO2.C5H11.CH4.BrH.Cu/c1-3-4-5(2)6(7)8;1-3-5-4-2;;;/h4,7-8H,3H2,1-2H3;3H,4-5H2,1-2H3;1H4;1H;/q;-1;;;+2/p-1/b5-4+;;;;. The Kier molecular flexibility index (Phi) is 39.6. The predicted octanol–water partition coefficient (Wildman–Crippen LogP) is 3.84. The maximum absolute atomic E-state index is 8.44. The fourth-order valence-electron chi connectivity index (χ4n) is 0.716. The van der Waals surface area contributed by atoms with Crippen LogP contribution < -0.4 is 0 Å². The van der Waals surface area contributed by atoms with Crippen molar-refractivity contribution in [3.8, 4) is 0 Å². The van der Waals surface area contributed by atoms with Gasteiger partial charge in [0.2, 0.25) is 0 Å². The molecule has 0 aliphatic carbocycles. The van der Waals surface area contributed by atoms with Crippen LogP contribution in [0.4, 0.5) is 0 Å². The molecule has 0 spiro atoms. The van der Waals surface area contributed by atoms with E-state index < -0.39 is 7.12 Å². The molecule has 16 heavy (non-hydrogen) atoms. The first-order valence-electron chi connectivity index (χ1n) is 5.02. The summed E-state index contributed by atoms with van der Waals surface area (Å²) < 4.78 is 0. The Bertz CT molecular complexity index is 131. The first-order chi connectivity index (χ1) is 7.09. The Morgan fingerprint density at radius 3 is 1.88 bits per heavy atom. The Balaban J connectivity index is -0.0000000786. The summed E-state index contributed by atoms with van der Waals surface area (Å²) in [6.07, 6.45) is 7.37. The van der Waals surface area contributed by atoms with Crippen LogP contribution >= 0.6 is 14.1 Å². The zero-order chi connectivity index (χ0) is 12.7. The first-order valence-corrected chi connectivity index (χ1v) is 7.34. The van der Waals surface area contributed by atoms with Crippen molar-refractivity contribution in [1.82, 2.24) is 0 Å². The van der Waals surface area contributed by atoms with E-state index >= 15 is 0 Å². The van der Waals surface area contributed by atoms with Gasteiger partial charge in [0.05, 0.1) is 0 Å². The second-order valence-electron chi connectivity index (χ2n) is 2.93. The maximum atomic E-state index is 8.44. The van der Waals surface area contributed by atoms with E-state index in [0.29, 0.717) is 5.47 Å². The van der Waals surface area contributed by atoms with E-state index in [1.165, 1.54) is 12.8 Å². The molecule has 0 radical (unpaired) electrons. The minimum atomic E-state index is -1.27. The zero-order valence-corrected chi connectivity index (χ0v) is 12.5. The van der Waals surface area contributed by atoms with Crippen molar-refractivity contribution >= 4 is 21.2 Å². The van der Waals surface area contributed by atoms with Crippen LogP contribution in [-0.4, -0.2) is 17.2 Å². The molecule has 0 aliphatic rings. The molecule has 0 unspecified atom stereocenters. The molecular formula is C11H26BBrCuO2. The van der Waals surface area contributed by atoms with Crippen LogP contribution in [0.2, 0.25) is 0 Å². The molecule has 103 valence electrons. The topological polar surface area (TPSA) is 40.5 Å². The van der Waals surface area contributed by atoms with Crippen LogP contribution in [0.15, 0.2) is 11.5 Å². The number of halogens is 1. The van der Waals surface area contributed by atoms with Crippen LogP contribution in [0, 0.1) is 6.42 Å². The van der Waals surface area contributed by atoms with Crippen molar-refractivity contribution in [1.29, 1.82) is 0 Å². The van der Waals surface area contributed by atoms with Crippen molar-refractivity contribution in [2.24, 2.45) is 0 Å². The third kappa shape index (κ3) is 29.3. The molecule has 2 nitrogen and oxygen atoms in total. The van der Waals surface area contributed by atoms with Gasteiger partial charge in [0.1, 0.15) is 0 Å². The van der Waals surface area contributed by atoms with E-state index in [4.69, 9.17) is 10.0 Å². The number of hydrogen-bond donors (Lipinski definition) is 2. The average Bonchev–Trinajstić information content (AvgIpc) is 2.23. The van der Waals surface area contributed by atoms with E-state index in [2.05, 4.69) is 48.6 Å². The molecule has 0 saturated carbocycles. The van der Waals surface area contributed by atoms with Gasteiger partial charge in [-0.3, -0.25) is 0 Å². The summed E-state index contributed by atoms with van der Waals surface area (Å²) in [5.74, 6) is 0. The second kappa shape index (κ2) is 24.8. The predicted molar refractivity (Wildman–Crippen MR) is 74.8 cm³/mol. The molecule has 0 fully saturated rings. The van der Waals surface area contributed by atoms with Gasteiger partial charge in [0, 0.05) is 0 Å². The van der Waals surface area contributed by atoms with E-state index in [-0.39, 0.29) is 7.43 Å². The fraction of sp³-hybridized carbons (Fsp3) is 0.727. The van der Waals surface area contributed by atoms with Crippen molar-refractivity contribution in [3.05, 3.63) is 18.0 Å². The van der Waals surface area contributed by atoms with Crippen LogP contribution in [0.5, 0.6) is 0 Å². The third-order valence-electron chi connectivity index (χ3n) is 1.51. The normalized spacial score (nSPS) is 8.94. The van der Waals surface area contributed by atoms with Gasteiger partial charge < -0.3 is 16.5 Å². The Labute approximate surface area is 118 Å². The molecule has 0 saturated heterocycles. The Morgan fingerprint density at radius 2 is 1.81 bits per heavy atom. The van der Waals surface area contributed by atoms with Gasteiger partial charge in [-0.1, -0.05) is 33.8 Å². The minimum absolute atomic E-state index is 0. The average molecular weight is 345 g/mol. The number of unbranched alkanes of at least 4 members (excludes halogenated alkanes) is 2. The summed E-state index contributed by atoms with van der Waals surface area (Å²) in [5, 5.41) is 16.9. The molecule has 0 amide bonds. The summed E-state index contributed by atoms with van der Waals surface area (Å²) in [6.45, 7) is 7.91. The van der Waals surface area contributed by atoms with Crippen molar-refractivity contribution in [2.45, 2.75) is 54.4 Å². The summed E-state index contributed by atoms with van der Waals surface area (Å²) in [4.78, 5) is 0. The summed E-state index contributed by atoms with van der Waals surface area (Å²) in [6, 6.07) is 0. The van der Waals surface area contributed by atoms with Gasteiger partial charge in [0.25, 0.3) is 0 Å². The number of hydrogen-bond acceptors (Lipinski definition) is 2. The molecule has 0 heterocycles. The molecule has 0 aromatic rings. The van der Waals surface area contributed by atoms with Crippen molar-refractivity contribution < 1.29 is 24.3 Å². The molecule has 0 rings (SSSR count). The van der Waals surface area contributed by atoms with Gasteiger partial charge in [-0.25, -0.2) is 0 Å². The molecule has 0 atom stereocenters. The fourth-order valence-corrected chi connectivity index (χ4v) is 0.716. The van der Waals surface area contributed by atoms with Crippen molar-refractivity contribution in [3.63, 3.8) is 0 Å². The second-order valence-corrected chi connectivity index (χ2v) is 2.93. The molecule has 5 heteroatoms. The van der Waals surface area contributed by atoms with Gasteiger partial charge >= 0.3 is 35.4 Å². The summed E-state index contributed by atoms with van der Waals surface area (Å²) >= 11 is 6.50. The molecule has 0 aromatic carbocycles. The van der Waals surface area contributed by atoms with E-state index in [0.717, 1.165) is 6.42 Å². The van der Waals surface area contributed by atoms with Gasteiger partial charge in [0.15, 0.2) is 0 Å². The molecule has 2 N–H and O–H groups in total. The van der Waals surface area contributed by atoms with Gasteiger partial charge in [-0.05, 0) is 18.8 Å². The van der Waals surface area contributed by atoms with Crippen LogP contribution in [0.3, 0.4) is 0 Å². The zero-order valence-electron chi connectivity index (χ0n) is 9.93.